The fraction of sp³-hybridized carbons (Fsp3) is 0.0909. The molecule has 0 aliphatic carbocycles. The fourth-order valence-corrected chi connectivity index (χ4v) is 1.32. The summed E-state index contributed by atoms with van der Waals surface area (Å²) in [5, 5.41) is 22.5. The van der Waals surface area contributed by atoms with Crippen molar-refractivity contribution in [2.24, 2.45) is 0 Å². The van der Waals surface area contributed by atoms with Gasteiger partial charge in [0.2, 0.25) is 0 Å². The van der Waals surface area contributed by atoms with Gasteiger partial charge in [0, 0.05) is 12.1 Å². The van der Waals surface area contributed by atoms with E-state index in [1.807, 2.05) is 0 Å². The Morgan fingerprint density at radius 2 is 2.26 bits per heavy atom. The Morgan fingerprint density at radius 3 is 2.89 bits per heavy atom. The zero-order chi connectivity index (χ0) is 13.8. The van der Waals surface area contributed by atoms with Crippen molar-refractivity contribution < 1.29 is 24.1 Å². The van der Waals surface area contributed by atoms with E-state index in [4.69, 9.17) is 14.4 Å². The van der Waals surface area contributed by atoms with Crippen molar-refractivity contribution in [1.82, 2.24) is 5.16 Å². The molecule has 1 heterocycles. The summed E-state index contributed by atoms with van der Waals surface area (Å²) in [6, 6.07) is 6.84. The van der Waals surface area contributed by atoms with Crippen LogP contribution in [0, 0.1) is 10.1 Å². The van der Waals surface area contributed by atoms with Crippen LogP contribution >= 0.6 is 0 Å². The molecule has 0 aliphatic heterocycles. The molecule has 0 saturated carbocycles. The zero-order valence-electron chi connectivity index (χ0n) is 9.48. The first-order valence-electron chi connectivity index (χ1n) is 5.12. The van der Waals surface area contributed by atoms with Gasteiger partial charge in [-0.15, -0.1) is 0 Å². The first kappa shape index (κ1) is 12.6. The summed E-state index contributed by atoms with van der Waals surface area (Å²) in [5.74, 6) is -0.711. The lowest BCUT2D eigenvalue weighted by Gasteiger charge is -2.02. The number of aromatic carboxylic acids is 1. The van der Waals surface area contributed by atoms with Gasteiger partial charge in [0.05, 0.1) is 11.0 Å². The highest BCUT2D eigenvalue weighted by Crippen LogP contribution is 2.20. The van der Waals surface area contributed by atoms with E-state index < -0.39 is 10.9 Å². The molecule has 1 aromatic carbocycles. The number of nitro benzene ring substituents is 1. The molecule has 8 nitrogen and oxygen atoms in total. The second kappa shape index (κ2) is 5.17. The minimum absolute atomic E-state index is 0.0680. The largest absolute Gasteiger partial charge is 0.485 e. The Hall–Kier alpha value is -2.90. The summed E-state index contributed by atoms with van der Waals surface area (Å²) in [4.78, 5) is 20.6. The van der Waals surface area contributed by atoms with Crippen molar-refractivity contribution in [3.05, 3.63) is 51.9 Å². The maximum absolute atomic E-state index is 10.6. The van der Waals surface area contributed by atoms with Crippen LogP contribution in [-0.4, -0.2) is 21.2 Å². The molecule has 0 bridgehead atoms. The van der Waals surface area contributed by atoms with Crippen LogP contribution in [0.25, 0.3) is 0 Å². The fourth-order valence-electron chi connectivity index (χ4n) is 1.32. The molecular weight excluding hydrogens is 256 g/mol. The number of hydrogen-bond donors (Lipinski definition) is 1. The number of carboxylic acid groups (broad SMARTS) is 1. The maximum Gasteiger partial charge on any atom is 0.358 e. The number of nitro groups is 1. The third kappa shape index (κ3) is 3.06. The molecular formula is C11H8N2O6. The van der Waals surface area contributed by atoms with E-state index >= 15 is 0 Å². The Bertz CT molecular complexity index is 621. The van der Waals surface area contributed by atoms with Crippen molar-refractivity contribution in [2.75, 3.05) is 0 Å². The lowest BCUT2D eigenvalue weighted by Crippen LogP contribution is -1.96. The molecule has 0 spiro atoms. The monoisotopic (exact) mass is 264 g/mol. The summed E-state index contributed by atoms with van der Waals surface area (Å²) in [6.07, 6.45) is 0. The predicted octanol–water partition coefficient (Wildman–Crippen LogP) is 1.86. The average molecular weight is 264 g/mol. The van der Waals surface area contributed by atoms with E-state index in [1.165, 1.54) is 24.3 Å². The predicted molar refractivity (Wildman–Crippen MR) is 60.9 cm³/mol. The molecule has 0 fully saturated rings. The minimum atomic E-state index is -1.20. The lowest BCUT2D eigenvalue weighted by atomic mass is 10.3. The number of nitrogens with zero attached hydrogens (tertiary/aromatic N) is 2. The van der Waals surface area contributed by atoms with Crippen molar-refractivity contribution in [1.29, 1.82) is 0 Å². The molecule has 98 valence electrons. The molecule has 0 radical (unpaired) electrons. The first-order chi connectivity index (χ1) is 9.06. The number of ether oxygens (including phenoxy) is 1. The third-order valence-electron chi connectivity index (χ3n) is 2.19. The smallest absolute Gasteiger partial charge is 0.358 e. The SMILES string of the molecule is O=C(O)c1cc(COc2cccc([N+](=O)[O-])c2)on1. The van der Waals surface area contributed by atoms with Crippen molar-refractivity contribution >= 4 is 11.7 Å². The highest BCUT2D eigenvalue weighted by atomic mass is 16.6. The summed E-state index contributed by atoms with van der Waals surface area (Å²) in [6.45, 7) is -0.0680. The maximum atomic E-state index is 10.6. The Labute approximate surface area is 106 Å². The van der Waals surface area contributed by atoms with E-state index in [2.05, 4.69) is 5.16 Å². The second-order valence-corrected chi connectivity index (χ2v) is 3.53. The number of hydrogen-bond acceptors (Lipinski definition) is 6. The number of benzene rings is 1. The van der Waals surface area contributed by atoms with Crippen LogP contribution in [0.4, 0.5) is 5.69 Å². The molecule has 0 saturated heterocycles. The van der Waals surface area contributed by atoms with Crippen molar-refractivity contribution in [3.8, 4) is 5.75 Å². The van der Waals surface area contributed by atoms with Crippen LogP contribution in [-0.2, 0) is 6.61 Å². The van der Waals surface area contributed by atoms with Crippen LogP contribution in [0.5, 0.6) is 5.75 Å². The molecule has 2 rings (SSSR count). The summed E-state index contributed by atoms with van der Waals surface area (Å²) in [7, 11) is 0. The molecule has 0 amide bonds. The minimum Gasteiger partial charge on any atom is -0.485 e. The molecule has 8 heteroatoms. The van der Waals surface area contributed by atoms with Gasteiger partial charge >= 0.3 is 5.97 Å². The average Bonchev–Trinajstić information content (AvgIpc) is 2.85. The van der Waals surface area contributed by atoms with Gasteiger partial charge < -0.3 is 14.4 Å². The van der Waals surface area contributed by atoms with Gasteiger partial charge in [-0.3, -0.25) is 10.1 Å². The van der Waals surface area contributed by atoms with Gasteiger partial charge in [-0.1, -0.05) is 11.2 Å². The van der Waals surface area contributed by atoms with Crippen LogP contribution < -0.4 is 4.74 Å². The van der Waals surface area contributed by atoms with Crippen LogP contribution in [0.15, 0.2) is 34.9 Å². The van der Waals surface area contributed by atoms with E-state index in [9.17, 15) is 14.9 Å². The van der Waals surface area contributed by atoms with Gasteiger partial charge in [0.25, 0.3) is 5.69 Å². The third-order valence-corrected chi connectivity index (χ3v) is 2.19. The van der Waals surface area contributed by atoms with Crippen LogP contribution in [0.2, 0.25) is 0 Å². The van der Waals surface area contributed by atoms with Crippen molar-refractivity contribution in [3.63, 3.8) is 0 Å². The first-order valence-corrected chi connectivity index (χ1v) is 5.12. The molecule has 1 aromatic heterocycles. The summed E-state index contributed by atoms with van der Waals surface area (Å²) < 4.78 is 9.98. The van der Waals surface area contributed by atoms with Crippen LogP contribution in [0.3, 0.4) is 0 Å². The molecule has 2 aromatic rings. The Kier molecular flexibility index (Phi) is 3.42. The second-order valence-electron chi connectivity index (χ2n) is 3.53. The van der Waals surface area contributed by atoms with Crippen LogP contribution in [0.1, 0.15) is 16.2 Å². The molecule has 0 unspecified atom stereocenters. The molecule has 1 N–H and O–H groups in total. The molecule has 0 aliphatic rings. The Balaban J connectivity index is 2.03. The highest BCUT2D eigenvalue weighted by molar-refractivity contribution is 5.85. The topological polar surface area (TPSA) is 116 Å². The van der Waals surface area contributed by atoms with Gasteiger partial charge in [0.15, 0.2) is 11.5 Å². The van der Waals surface area contributed by atoms with Gasteiger partial charge in [-0.25, -0.2) is 4.79 Å². The zero-order valence-corrected chi connectivity index (χ0v) is 9.48. The van der Waals surface area contributed by atoms with E-state index in [-0.39, 0.29) is 29.5 Å². The lowest BCUT2D eigenvalue weighted by molar-refractivity contribution is -0.384. The van der Waals surface area contributed by atoms with E-state index in [1.54, 1.807) is 6.07 Å². The van der Waals surface area contributed by atoms with E-state index in [0.717, 1.165) is 0 Å². The number of carboxylic acids is 1. The van der Waals surface area contributed by atoms with Gasteiger partial charge in [-0.05, 0) is 6.07 Å². The van der Waals surface area contributed by atoms with Gasteiger partial charge in [0.1, 0.15) is 12.4 Å². The highest BCUT2D eigenvalue weighted by Gasteiger charge is 2.12. The summed E-state index contributed by atoms with van der Waals surface area (Å²) in [5.41, 5.74) is -0.320. The molecule has 19 heavy (non-hydrogen) atoms. The number of aromatic nitrogens is 1. The van der Waals surface area contributed by atoms with Gasteiger partial charge in [-0.2, -0.15) is 0 Å². The normalized spacial score (nSPS) is 10.1. The van der Waals surface area contributed by atoms with Crippen molar-refractivity contribution in [2.45, 2.75) is 6.61 Å². The summed E-state index contributed by atoms with van der Waals surface area (Å²) >= 11 is 0. The Morgan fingerprint density at radius 1 is 1.47 bits per heavy atom. The number of non-ortho nitro benzene ring substituents is 1. The number of rotatable bonds is 5. The number of carbonyl (C=O) groups is 1. The molecule has 0 atom stereocenters. The van der Waals surface area contributed by atoms with E-state index in [0.29, 0.717) is 0 Å². The standard InChI is InChI=1S/C11H8N2O6/c14-11(15)10-5-9(19-12-10)6-18-8-3-1-2-7(4-8)13(16)17/h1-5H,6H2,(H,14,15). The quantitative estimate of drug-likeness (QED) is 0.647.